The number of hydrogen-bond donors (Lipinski definition) is 1. The molecule has 0 aliphatic carbocycles. The zero-order valence-corrected chi connectivity index (χ0v) is 14.9. The number of benzene rings is 1. The van der Waals surface area contributed by atoms with Gasteiger partial charge in [-0.2, -0.15) is 0 Å². The fourth-order valence-corrected chi connectivity index (χ4v) is 2.33. The van der Waals surface area contributed by atoms with Crippen LogP contribution in [0, 0.1) is 12.7 Å². The second-order valence-electron chi connectivity index (χ2n) is 5.82. The molecule has 27 heavy (non-hydrogen) atoms. The molecular formula is C19H21ClF2N4O. The van der Waals surface area contributed by atoms with E-state index in [-0.39, 0.29) is 17.3 Å². The summed E-state index contributed by atoms with van der Waals surface area (Å²) in [7, 11) is 0. The highest BCUT2D eigenvalue weighted by Gasteiger charge is 2.36. The van der Waals surface area contributed by atoms with E-state index in [0.717, 1.165) is 23.8 Å². The molecule has 1 N–H and O–H groups in total. The summed E-state index contributed by atoms with van der Waals surface area (Å²) >= 11 is 5.65. The Balaban J connectivity index is 2.02. The number of amides is 1. The first-order chi connectivity index (χ1) is 15.9. The SMILES string of the molecule is [2H]C1([2H])N(C(=O)c2ccc(F)c(Cl)c2)C([2H])([2H])C([2H])([2H])C(F)(CNCc2ncc(C)cn2)C1([2H])[2H]. The zero-order valence-electron chi connectivity index (χ0n) is 22.2. The lowest BCUT2D eigenvalue weighted by atomic mass is 9.92. The Hall–Kier alpha value is -2.12. The summed E-state index contributed by atoms with van der Waals surface area (Å²) in [5, 5.41) is 1.88. The lowest BCUT2D eigenvalue weighted by Gasteiger charge is -2.36. The van der Waals surface area contributed by atoms with Gasteiger partial charge < -0.3 is 10.2 Å². The van der Waals surface area contributed by atoms with Crippen LogP contribution in [0.5, 0.6) is 0 Å². The number of hydrogen-bond acceptors (Lipinski definition) is 4. The Kier molecular flexibility index (Phi) is 3.57. The third kappa shape index (κ3) is 4.99. The summed E-state index contributed by atoms with van der Waals surface area (Å²) in [4.78, 5) is 20.7. The molecule has 1 aliphatic heterocycles. The molecule has 1 fully saturated rings. The Bertz CT molecular complexity index is 1110. The van der Waals surface area contributed by atoms with Gasteiger partial charge in [-0.05, 0) is 30.7 Å². The molecule has 0 bridgehead atoms. The molecule has 0 unspecified atom stereocenters. The molecule has 8 heteroatoms. The first-order valence-corrected chi connectivity index (χ1v) is 8.26. The summed E-state index contributed by atoms with van der Waals surface area (Å²) in [6.07, 6.45) is -4.60. The highest BCUT2D eigenvalue weighted by molar-refractivity contribution is 6.31. The number of piperidine rings is 1. The molecule has 1 amide bonds. The maximum absolute atomic E-state index is 16.3. The summed E-state index contributed by atoms with van der Waals surface area (Å²) in [6.45, 7) is -7.09. The van der Waals surface area contributed by atoms with E-state index < -0.39 is 60.3 Å². The van der Waals surface area contributed by atoms with Gasteiger partial charge in [-0.1, -0.05) is 11.6 Å². The Morgan fingerprint density at radius 2 is 2.04 bits per heavy atom. The van der Waals surface area contributed by atoms with Crippen LogP contribution in [0.1, 0.15) is 45.5 Å². The molecule has 2 heterocycles. The second-order valence-corrected chi connectivity index (χ2v) is 6.23. The molecule has 2 aromatic rings. The minimum Gasteiger partial charge on any atom is -0.338 e. The maximum atomic E-state index is 16.3. The van der Waals surface area contributed by atoms with Gasteiger partial charge in [0.05, 0.1) is 11.6 Å². The number of carbonyl (C=O) groups is 1. The average Bonchev–Trinajstić information content (AvgIpc) is 2.75. The monoisotopic (exact) mass is 402 g/mol. The maximum Gasteiger partial charge on any atom is 0.253 e. The molecule has 1 saturated heterocycles. The van der Waals surface area contributed by atoms with E-state index in [1.807, 2.05) is 0 Å². The number of nitrogens with zero attached hydrogens (tertiary/aromatic N) is 3. The minimum absolute atomic E-state index is 0.159. The minimum atomic E-state index is -3.81. The van der Waals surface area contributed by atoms with Gasteiger partial charge in [-0.25, -0.2) is 18.7 Å². The van der Waals surface area contributed by atoms with Gasteiger partial charge in [-0.15, -0.1) is 0 Å². The van der Waals surface area contributed by atoms with E-state index in [1.165, 1.54) is 12.4 Å². The predicted molar refractivity (Wildman–Crippen MR) is 98.9 cm³/mol. The van der Waals surface area contributed by atoms with Crippen LogP contribution in [0.15, 0.2) is 30.6 Å². The molecule has 5 nitrogen and oxygen atoms in total. The van der Waals surface area contributed by atoms with E-state index in [2.05, 4.69) is 15.3 Å². The summed E-state index contributed by atoms with van der Waals surface area (Å²) < 4.78 is 95.9. The summed E-state index contributed by atoms with van der Waals surface area (Å²) in [6, 6.07) is 2.36. The van der Waals surface area contributed by atoms with Crippen molar-refractivity contribution in [1.29, 1.82) is 0 Å². The molecule has 0 saturated carbocycles. The number of rotatable bonds is 5. The number of halogens is 3. The van der Waals surface area contributed by atoms with Crippen molar-refractivity contribution in [2.45, 2.75) is 31.9 Å². The predicted octanol–water partition coefficient (Wildman–Crippen LogP) is 3.31. The van der Waals surface area contributed by atoms with Crippen LogP contribution in [0.2, 0.25) is 5.02 Å². The van der Waals surface area contributed by atoms with Gasteiger partial charge in [0, 0.05) is 61.2 Å². The molecule has 3 rings (SSSR count). The first-order valence-electron chi connectivity index (χ1n) is 11.9. The van der Waals surface area contributed by atoms with Gasteiger partial charge in [0.1, 0.15) is 17.3 Å². The van der Waals surface area contributed by atoms with Crippen molar-refractivity contribution in [3.8, 4) is 0 Å². The molecule has 0 spiro atoms. The molecule has 1 aliphatic rings. The number of likely N-dealkylation sites (tertiary alicyclic amines) is 1. The van der Waals surface area contributed by atoms with Gasteiger partial charge in [0.15, 0.2) is 0 Å². The Labute approximate surface area is 173 Å². The van der Waals surface area contributed by atoms with E-state index in [0.29, 0.717) is 0 Å². The number of nitrogens with one attached hydrogen (secondary N) is 1. The topological polar surface area (TPSA) is 58.1 Å². The molecular weight excluding hydrogens is 374 g/mol. The van der Waals surface area contributed by atoms with Gasteiger partial charge in [-0.3, -0.25) is 4.79 Å². The lowest BCUT2D eigenvalue weighted by Crippen LogP contribution is -2.48. The number of alkyl halides is 1. The third-order valence-electron chi connectivity index (χ3n) is 3.59. The van der Waals surface area contributed by atoms with Crippen molar-refractivity contribution in [2.75, 3.05) is 19.5 Å². The van der Waals surface area contributed by atoms with E-state index in [4.69, 9.17) is 22.6 Å². The lowest BCUT2D eigenvalue weighted by molar-refractivity contribution is 0.0434. The fourth-order valence-electron chi connectivity index (χ4n) is 2.15. The van der Waals surface area contributed by atoms with Crippen LogP contribution in [0.4, 0.5) is 8.78 Å². The van der Waals surface area contributed by atoms with Crippen LogP contribution in [0.3, 0.4) is 0 Å². The van der Waals surface area contributed by atoms with Gasteiger partial charge in [0.2, 0.25) is 0 Å². The van der Waals surface area contributed by atoms with E-state index in [1.54, 1.807) is 6.92 Å². The highest BCUT2D eigenvalue weighted by atomic mass is 35.5. The average molecular weight is 403 g/mol. The smallest absolute Gasteiger partial charge is 0.253 e. The van der Waals surface area contributed by atoms with Crippen LogP contribution in [0.25, 0.3) is 0 Å². The van der Waals surface area contributed by atoms with Crippen LogP contribution in [-0.4, -0.2) is 46.0 Å². The largest absolute Gasteiger partial charge is 0.338 e. The van der Waals surface area contributed by atoms with Crippen LogP contribution < -0.4 is 5.32 Å². The number of aromatic nitrogens is 2. The normalized spacial score (nSPS) is 28.2. The number of carbonyl (C=O) groups excluding carboxylic acids is 1. The van der Waals surface area contributed by atoms with Crippen molar-refractivity contribution in [2.24, 2.45) is 0 Å². The standard InChI is InChI=1S/C19H21ClF2N4O/c1-13-9-24-17(25-10-13)11-23-12-19(22)4-6-26(7-5-19)18(27)14-2-3-16(21)15(20)8-14/h2-3,8-10,23H,4-7,11-12H2,1H3/i4D2,5D2,6D2,7D2. The molecule has 0 radical (unpaired) electrons. The van der Waals surface area contributed by atoms with Crippen molar-refractivity contribution in [3.63, 3.8) is 0 Å². The van der Waals surface area contributed by atoms with Crippen molar-refractivity contribution in [1.82, 2.24) is 20.2 Å². The zero-order chi connectivity index (χ0) is 26.6. The van der Waals surface area contributed by atoms with Crippen molar-refractivity contribution in [3.05, 3.63) is 58.4 Å². The highest BCUT2D eigenvalue weighted by Crippen LogP contribution is 2.27. The molecule has 1 aromatic carbocycles. The third-order valence-corrected chi connectivity index (χ3v) is 3.88. The van der Waals surface area contributed by atoms with E-state index >= 15 is 4.39 Å². The Morgan fingerprint density at radius 3 is 2.67 bits per heavy atom. The molecule has 144 valence electrons. The van der Waals surface area contributed by atoms with E-state index in [9.17, 15) is 9.18 Å². The van der Waals surface area contributed by atoms with Gasteiger partial charge in [0.25, 0.3) is 5.91 Å². The van der Waals surface area contributed by atoms with Crippen LogP contribution in [-0.2, 0) is 6.54 Å². The fraction of sp³-hybridized carbons (Fsp3) is 0.421. The first kappa shape index (κ1) is 11.7. The van der Waals surface area contributed by atoms with Gasteiger partial charge >= 0.3 is 0 Å². The summed E-state index contributed by atoms with van der Waals surface area (Å²) in [5.74, 6) is -2.31. The second kappa shape index (κ2) is 8.27. The number of aryl methyl sites for hydroxylation is 1. The summed E-state index contributed by atoms with van der Waals surface area (Å²) in [5.41, 5.74) is -3.62. The molecule has 1 aromatic heterocycles. The van der Waals surface area contributed by atoms with Crippen molar-refractivity contribution >= 4 is 17.5 Å². The molecule has 0 atom stereocenters. The van der Waals surface area contributed by atoms with Crippen molar-refractivity contribution < 1.29 is 24.5 Å². The Morgan fingerprint density at radius 1 is 1.37 bits per heavy atom. The van der Waals surface area contributed by atoms with Crippen LogP contribution >= 0.6 is 11.6 Å². The quantitative estimate of drug-likeness (QED) is 0.833.